The number of alkyl halides is 1. The number of amides is 1. The summed E-state index contributed by atoms with van der Waals surface area (Å²) in [4.78, 5) is 18.1. The van der Waals surface area contributed by atoms with Crippen molar-refractivity contribution in [1.82, 2.24) is 9.88 Å². The molecule has 2 rings (SSSR count). The molecule has 0 spiro atoms. The van der Waals surface area contributed by atoms with Crippen molar-refractivity contribution in [3.8, 4) is 0 Å². The molecule has 0 saturated carbocycles. The maximum Gasteiger partial charge on any atom is 0.229 e. The van der Waals surface area contributed by atoms with Crippen LogP contribution in [0.1, 0.15) is 16.3 Å². The monoisotopic (exact) mass is 294 g/mol. The third-order valence-corrected chi connectivity index (χ3v) is 3.90. The Kier molecular flexibility index (Phi) is 4.93. The summed E-state index contributed by atoms with van der Waals surface area (Å²) in [6.45, 7) is 0.618. The van der Waals surface area contributed by atoms with Crippen LogP contribution < -0.4 is 0 Å². The van der Waals surface area contributed by atoms with E-state index < -0.39 is 0 Å². The van der Waals surface area contributed by atoms with Gasteiger partial charge in [-0.05, 0) is 5.56 Å². The van der Waals surface area contributed by atoms with Gasteiger partial charge in [0.05, 0.1) is 18.0 Å². The van der Waals surface area contributed by atoms with Crippen LogP contribution in [0.2, 0.25) is 0 Å². The lowest BCUT2D eigenvalue weighted by atomic mass is 10.2. The molecule has 100 valence electrons. The SMILES string of the molecule is CN(Cc1ccccc1)C(=O)Cc1nc(CCl)cs1. The highest BCUT2D eigenvalue weighted by Crippen LogP contribution is 2.13. The van der Waals surface area contributed by atoms with Gasteiger partial charge in [-0.1, -0.05) is 30.3 Å². The van der Waals surface area contributed by atoms with Gasteiger partial charge in [0.25, 0.3) is 0 Å². The summed E-state index contributed by atoms with van der Waals surface area (Å²) in [5.41, 5.74) is 1.96. The standard InChI is InChI=1S/C14H15ClN2OS/c1-17(9-11-5-3-2-4-6-11)14(18)7-13-16-12(8-15)10-19-13/h2-6,10H,7-9H2,1H3. The molecule has 0 aliphatic carbocycles. The predicted molar refractivity (Wildman–Crippen MR) is 78.3 cm³/mol. The Morgan fingerprint density at radius 3 is 2.74 bits per heavy atom. The second kappa shape index (κ2) is 6.68. The quantitative estimate of drug-likeness (QED) is 0.794. The molecule has 0 unspecified atom stereocenters. The first kappa shape index (κ1) is 14.0. The normalized spacial score (nSPS) is 10.4. The van der Waals surface area contributed by atoms with E-state index in [1.165, 1.54) is 11.3 Å². The minimum Gasteiger partial charge on any atom is -0.341 e. The average Bonchev–Trinajstić information content (AvgIpc) is 2.87. The van der Waals surface area contributed by atoms with Gasteiger partial charge in [0.2, 0.25) is 5.91 Å². The molecule has 0 saturated heterocycles. The molecule has 0 atom stereocenters. The Morgan fingerprint density at radius 2 is 2.11 bits per heavy atom. The van der Waals surface area contributed by atoms with Crippen LogP contribution in [-0.4, -0.2) is 22.8 Å². The average molecular weight is 295 g/mol. The maximum absolute atomic E-state index is 12.1. The first-order valence-electron chi connectivity index (χ1n) is 5.96. The van der Waals surface area contributed by atoms with Gasteiger partial charge >= 0.3 is 0 Å². The van der Waals surface area contributed by atoms with Crippen LogP contribution in [-0.2, 0) is 23.6 Å². The Bertz CT molecular complexity index is 541. The Balaban J connectivity index is 1.92. The largest absolute Gasteiger partial charge is 0.341 e. The van der Waals surface area contributed by atoms with Gasteiger partial charge in [0.15, 0.2) is 0 Å². The molecule has 0 aliphatic rings. The van der Waals surface area contributed by atoms with Crippen LogP contribution in [0.15, 0.2) is 35.7 Å². The minimum atomic E-state index is 0.0688. The first-order valence-corrected chi connectivity index (χ1v) is 7.37. The van der Waals surface area contributed by atoms with Gasteiger partial charge in [0, 0.05) is 19.0 Å². The molecule has 0 radical (unpaired) electrons. The molecule has 2 aromatic rings. The van der Waals surface area contributed by atoms with Gasteiger partial charge in [-0.3, -0.25) is 4.79 Å². The lowest BCUT2D eigenvalue weighted by molar-refractivity contribution is -0.129. The number of benzene rings is 1. The molecular weight excluding hydrogens is 280 g/mol. The molecule has 1 amide bonds. The molecule has 1 heterocycles. The van der Waals surface area contributed by atoms with Crippen molar-refractivity contribution < 1.29 is 4.79 Å². The number of hydrogen-bond acceptors (Lipinski definition) is 3. The molecule has 1 aromatic heterocycles. The zero-order valence-corrected chi connectivity index (χ0v) is 12.2. The fraction of sp³-hybridized carbons (Fsp3) is 0.286. The van der Waals surface area contributed by atoms with E-state index in [2.05, 4.69) is 4.98 Å². The van der Waals surface area contributed by atoms with E-state index >= 15 is 0 Å². The molecule has 3 nitrogen and oxygen atoms in total. The molecule has 19 heavy (non-hydrogen) atoms. The summed E-state index contributed by atoms with van der Waals surface area (Å²) < 4.78 is 0. The number of aromatic nitrogens is 1. The summed E-state index contributed by atoms with van der Waals surface area (Å²) in [6.07, 6.45) is 0.338. The van der Waals surface area contributed by atoms with Crippen LogP contribution in [0.25, 0.3) is 0 Å². The second-order valence-electron chi connectivity index (χ2n) is 4.28. The third kappa shape index (κ3) is 4.04. The smallest absolute Gasteiger partial charge is 0.229 e. The second-order valence-corrected chi connectivity index (χ2v) is 5.49. The van der Waals surface area contributed by atoms with Crippen molar-refractivity contribution in [3.05, 3.63) is 52.0 Å². The number of nitrogens with zero attached hydrogens (tertiary/aromatic N) is 2. The zero-order valence-electron chi connectivity index (χ0n) is 10.7. The van der Waals surface area contributed by atoms with Crippen LogP contribution >= 0.6 is 22.9 Å². The highest BCUT2D eigenvalue weighted by atomic mass is 35.5. The third-order valence-electron chi connectivity index (χ3n) is 2.73. The number of carbonyl (C=O) groups is 1. The molecule has 0 N–H and O–H groups in total. The molecule has 0 fully saturated rings. The van der Waals surface area contributed by atoms with Crippen LogP contribution in [0.5, 0.6) is 0 Å². The van der Waals surface area contributed by atoms with Crippen LogP contribution in [0.3, 0.4) is 0 Å². The summed E-state index contributed by atoms with van der Waals surface area (Å²) >= 11 is 7.18. The fourth-order valence-electron chi connectivity index (χ4n) is 1.70. The Morgan fingerprint density at radius 1 is 1.37 bits per heavy atom. The summed E-state index contributed by atoms with van der Waals surface area (Å²) in [5.74, 6) is 0.462. The van der Waals surface area contributed by atoms with Crippen molar-refractivity contribution in [2.24, 2.45) is 0 Å². The number of rotatable bonds is 5. The van der Waals surface area contributed by atoms with Crippen LogP contribution in [0.4, 0.5) is 0 Å². The number of likely N-dealkylation sites (N-methyl/N-ethyl adjacent to an activating group) is 1. The number of halogens is 1. The Labute approximate surface area is 121 Å². The van der Waals surface area contributed by atoms with E-state index in [0.717, 1.165) is 16.3 Å². The van der Waals surface area contributed by atoms with Crippen molar-refractivity contribution >= 4 is 28.8 Å². The highest BCUT2D eigenvalue weighted by molar-refractivity contribution is 7.09. The van der Waals surface area contributed by atoms with E-state index in [0.29, 0.717) is 18.8 Å². The molecule has 5 heteroatoms. The van der Waals surface area contributed by atoms with Gasteiger partial charge in [-0.2, -0.15) is 0 Å². The van der Waals surface area contributed by atoms with Gasteiger partial charge < -0.3 is 4.90 Å². The Hall–Kier alpha value is -1.39. The van der Waals surface area contributed by atoms with Crippen molar-refractivity contribution in [1.29, 1.82) is 0 Å². The molecule has 0 bridgehead atoms. The molecule has 1 aromatic carbocycles. The van der Waals surface area contributed by atoms with Gasteiger partial charge in [0.1, 0.15) is 5.01 Å². The van der Waals surface area contributed by atoms with E-state index in [4.69, 9.17) is 11.6 Å². The number of hydrogen-bond donors (Lipinski definition) is 0. The van der Waals surface area contributed by atoms with Crippen molar-refractivity contribution in [2.45, 2.75) is 18.8 Å². The van der Waals surface area contributed by atoms with Crippen LogP contribution in [0, 0.1) is 0 Å². The minimum absolute atomic E-state index is 0.0688. The van der Waals surface area contributed by atoms with Crippen molar-refractivity contribution in [3.63, 3.8) is 0 Å². The molecular formula is C14H15ClN2OS. The zero-order chi connectivity index (χ0) is 13.7. The number of thiazole rings is 1. The van der Waals surface area contributed by atoms with E-state index in [1.807, 2.05) is 42.8 Å². The summed E-state index contributed by atoms with van der Waals surface area (Å²) in [5, 5.41) is 2.72. The van der Waals surface area contributed by atoms with E-state index in [9.17, 15) is 4.79 Å². The topological polar surface area (TPSA) is 33.2 Å². The maximum atomic E-state index is 12.1. The lowest BCUT2D eigenvalue weighted by Crippen LogP contribution is -2.27. The molecule has 0 aliphatic heterocycles. The number of carbonyl (C=O) groups excluding carboxylic acids is 1. The van der Waals surface area contributed by atoms with E-state index in [-0.39, 0.29) is 5.91 Å². The summed E-state index contributed by atoms with van der Waals surface area (Å²) in [6, 6.07) is 9.94. The first-order chi connectivity index (χ1) is 9.19. The van der Waals surface area contributed by atoms with Gasteiger partial charge in [-0.25, -0.2) is 4.98 Å². The predicted octanol–water partition coefficient (Wildman–Crippen LogP) is 3.08. The highest BCUT2D eigenvalue weighted by Gasteiger charge is 2.12. The summed E-state index contributed by atoms with van der Waals surface area (Å²) in [7, 11) is 1.81. The lowest BCUT2D eigenvalue weighted by Gasteiger charge is -2.16. The van der Waals surface area contributed by atoms with Crippen molar-refractivity contribution in [2.75, 3.05) is 7.05 Å². The van der Waals surface area contributed by atoms with Gasteiger partial charge in [-0.15, -0.1) is 22.9 Å². The fourth-order valence-corrected chi connectivity index (χ4v) is 2.71. The van der Waals surface area contributed by atoms with E-state index in [1.54, 1.807) is 4.90 Å².